The van der Waals surface area contributed by atoms with Gasteiger partial charge in [-0.05, 0) is 37.8 Å². The van der Waals surface area contributed by atoms with Crippen molar-refractivity contribution in [3.05, 3.63) is 0 Å². The lowest BCUT2D eigenvalue weighted by molar-refractivity contribution is -0.133. The number of carbonyl (C=O) groups excluding carboxylic acids is 1. The molecule has 0 radical (unpaired) electrons. The molecule has 17 heavy (non-hydrogen) atoms. The minimum Gasteiger partial charge on any atom is -0.347 e. The average molecular weight is 241 g/mol. The fraction of sp³-hybridized carbons (Fsp3) is 0.923. The molecular weight excluding hydrogens is 214 g/mol. The lowest BCUT2D eigenvalue weighted by Gasteiger charge is -2.30. The van der Waals surface area contributed by atoms with Gasteiger partial charge in [-0.2, -0.15) is 0 Å². The van der Waals surface area contributed by atoms with Crippen LogP contribution in [0.15, 0.2) is 0 Å². The van der Waals surface area contributed by atoms with Crippen LogP contribution >= 0.6 is 0 Å². The van der Waals surface area contributed by atoms with E-state index >= 15 is 0 Å². The highest BCUT2D eigenvalue weighted by atomic mass is 16.2. The highest BCUT2D eigenvalue weighted by molar-refractivity contribution is 5.81. The Morgan fingerprint density at radius 2 is 2.12 bits per heavy atom. The molecule has 0 bridgehead atoms. The zero-order valence-electron chi connectivity index (χ0n) is 11.6. The summed E-state index contributed by atoms with van der Waals surface area (Å²) < 4.78 is 0. The van der Waals surface area contributed by atoms with Gasteiger partial charge in [-0.1, -0.05) is 13.8 Å². The first kappa shape index (κ1) is 14.5. The molecule has 0 spiro atoms. The molecule has 100 valence electrons. The lowest BCUT2D eigenvalue weighted by atomic mass is 9.95. The van der Waals surface area contributed by atoms with E-state index in [-0.39, 0.29) is 11.9 Å². The van der Waals surface area contributed by atoms with E-state index < -0.39 is 0 Å². The van der Waals surface area contributed by atoms with Gasteiger partial charge in [0.05, 0.1) is 6.04 Å². The zero-order chi connectivity index (χ0) is 13.0. The second-order valence-electron chi connectivity index (χ2n) is 5.63. The first-order chi connectivity index (χ1) is 7.97. The van der Waals surface area contributed by atoms with Crippen molar-refractivity contribution in [2.24, 2.45) is 17.6 Å². The van der Waals surface area contributed by atoms with Crippen molar-refractivity contribution in [3.8, 4) is 0 Å². The highest BCUT2D eigenvalue weighted by Crippen LogP contribution is 2.22. The van der Waals surface area contributed by atoms with Crippen molar-refractivity contribution in [2.45, 2.75) is 32.7 Å². The summed E-state index contributed by atoms with van der Waals surface area (Å²) in [5.74, 6) is 1.31. The number of hydrogen-bond acceptors (Lipinski definition) is 3. The topological polar surface area (TPSA) is 49.6 Å². The van der Waals surface area contributed by atoms with Gasteiger partial charge in [-0.25, -0.2) is 0 Å². The molecule has 0 saturated carbocycles. The molecule has 1 aliphatic rings. The van der Waals surface area contributed by atoms with Crippen LogP contribution in [0.3, 0.4) is 0 Å². The van der Waals surface area contributed by atoms with Gasteiger partial charge in [0.1, 0.15) is 0 Å². The van der Waals surface area contributed by atoms with Crippen molar-refractivity contribution in [3.63, 3.8) is 0 Å². The molecule has 0 aromatic heterocycles. The van der Waals surface area contributed by atoms with Crippen LogP contribution in [-0.4, -0.2) is 55.5 Å². The summed E-state index contributed by atoms with van der Waals surface area (Å²) >= 11 is 0. The average Bonchev–Trinajstić information content (AvgIpc) is 2.71. The van der Waals surface area contributed by atoms with Crippen molar-refractivity contribution >= 4 is 5.91 Å². The maximum absolute atomic E-state index is 12.0. The second-order valence-corrected chi connectivity index (χ2v) is 5.63. The largest absolute Gasteiger partial charge is 0.347 e. The third kappa shape index (κ3) is 3.68. The summed E-state index contributed by atoms with van der Waals surface area (Å²) in [6.07, 6.45) is 2.12. The highest BCUT2D eigenvalue weighted by Gasteiger charge is 2.33. The number of nitrogens with two attached hydrogens (primary N) is 1. The lowest BCUT2D eigenvalue weighted by Crippen LogP contribution is -2.46. The Labute approximate surface area is 105 Å². The molecule has 1 saturated heterocycles. The van der Waals surface area contributed by atoms with E-state index in [1.54, 1.807) is 4.90 Å². The third-order valence-electron chi connectivity index (χ3n) is 3.80. The van der Waals surface area contributed by atoms with Crippen molar-refractivity contribution < 1.29 is 4.79 Å². The molecule has 4 heteroatoms. The predicted molar refractivity (Wildman–Crippen MR) is 70.7 cm³/mol. The number of nitrogens with zero attached hydrogens (tertiary/aromatic N) is 2. The summed E-state index contributed by atoms with van der Waals surface area (Å²) in [6.45, 7) is 7.11. The molecule has 0 aliphatic carbocycles. The maximum Gasteiger partial charge on any atom is 0.239 e. The van der Waals surface area contributed by atoms with Crippen LogP contribution in [0.2, 0.25) is 0 Å². The zero-order valence-corrected chi connectivity index (χ0v) is 11.6. The SMILES string of the molecule is CC(C)C(CN)CN1CCCC1C(=O)N(C)C. The van der Waals surface area contributed by atoms with Crippen LogP contribution in [0.5, 0.6) is 0 Å². The monoisotopic (exact) mass is 241 g/mol. The van der Waals surface area contributed by atoms with Gasteiger partial charge in [0, 0.05) is 20.6 Å². The first-order valence-corrected chi connectivity index (χ1v) is 6.62. The second kappa shape index (κ2) is 6.36. The quantitative estimate of drug-likeness (QED) is 0.773. The van der Waals surface area contributed by atoms with Crippen molar-refractivity contribution in [2.75, 3.05) is 33.7 Å². The molecular formula is C13H27N3O. The summed E-state index contributed by atoms with van der Waals surface area (Å²) in [5, 5.41) is 0. The minimum absolute atomic E-state index is 0.0813. The summed E-state index contributed by atoms with van der Waals surface area (Å²) in [6, 6.07) is 0.0813. The molecule has 1 rings (SSSR count). The van der Waals surface area contributed by atoms with Gasteiger partial charge in [0.2, 0.25) is 5.91 Å². The van der Waals surface area contributed by atoms with Crippen molar-refractivity contribution in [1.29, 1.82) is 0 Å². The summed E-state index contributed by atoms with van der Waals surface area (Å²) in [5.41, 5.74) is 5.81. The molecule has 1 aliphatic heterocycles. The van der Waals surface area contributed by atoms with Gasteiger partial charge < -0.3 is 10.6 Å². The molecule has 2 atom stereocenters. The van der Waals surface area contributed by atoms with E-state index in [1.165, 1.54) is 0 Å². The number of carbonyl (C=O) groups is 1. The van der Waals surface area contributed by atoms with Crippen molar-refractivity contribution in [1.82, 2.24) is 9.80 Å². The number of rotatable bonds is 5. The Bertz CT molecular complexity index is 253. The third-order valence-corrected chi connectivity index (χ3v) is 3.80. The fourth-order valence-electron chi connectivity index (χ4n) is 2.48. The number of likely N-dealkylation sites (N-methyl/N-ethyl adjacent to an activating group) is 1. The van der Waals surface area contributed by atoms with Gasteiger partial charge in [0.25, 0.3) is 0 Å². The number of amides is 1. The molecule has 1 fully saturated rings. The van der Waals surface area contributed by atoms with Crippen LogP contribution in [0, 0.1) is 11.8 Å². The van der Waals surface area contributed by atoms with Crippen LogP contribution in [0.1, 0.15) is 26.7 Å². The molecule has 0 aromatic carbocycles. The molecule has 0 aromatic rings. The van der Waals surface area contributed by atoms with Gasteiger partial charge in [-0.15, -0.1) is 0 Å². The first-order valence-electron chi connectivity index (χ1n) is 6.62. The van der Waals surface area contributed by atoms with Gasteiger partial charge in [-0.3, -0.25) is 9.69 Å². The van der Waals surface area contributed by atoms with E-state index in [4.69, 9.17) is 5.73 Å². The smallest absolute Gasteiger partial charge is 0.239 e. The predicted octanol–water partition coefficient (Wildman–Crippen LogP) is 0.770. The number of likely N-dealkylation sites (tertiary alicyclic amines) is 1. The van der Waals surface area contributed by atoms with Crippen LogP contribution in [0.4, 0.5) is 0 Å². The molecule has 1 heterocycles. The summed E-state index contributed by atoms with van der Waals surface area (Å²) in [4.78, 5) is 16.1. The van der Waals surface area contributed by atoms with Gasteiger partial charge in [0.15, 0.2) is 0 Å². The van der Waals surface area contributed by atoms with Gasteiger partial charge >= 0.3 is 0 Å². The Hall–Kier alpha value is -0.610. The molecule has 2 unspecified atom stereocenters. The molecule has 2 N–H and O–H groups in total. The number of hydrogen-bond donors (Lipinski definition) is 1. The van der Waals surface area contributed by atoms with E-state index in [9.17, 15) is 4.79 Å². The Morgan fingerprint density at radius 1 is 1.47 bits per heavy atom. The Kier molecular flexibility index (Phi) is 5.40. The van der Waals surface area contributed by atoms with E-state index in [2.05, 4.69) is 18.7 Å². The van der Waals surface area contributed by atoms with Crippen LogP contribution < -0.4 is 5.73 Å². The Morgan fingerprint density at radius 3 is 2.59 bits per heavy atom. The Balaban J connectivity index is 2.60. The van der Waals surface area contributed by atoms with E-state index in [0.717, 1.165) is 25.9 Å². The molecule has 1 amide bonds. The van der Waals surface area contributed by atoms with Crippen LogP contribution in [0.25, 0.3) is 0 Å². The minimum atomic E-state index is 0.0813. The summed E-state index contributed by atoms with van der Waals surface area (Å²) in [7, 11) is 3.67. The maximum atomic E-state index is 12.0. The van der Waals surface area contributed by atoms with Crippen LogP contribution in [-0.2, 0) is 4.79 Å². The normalized spacial score (nSPS) is 23.1. The van der Waals surface area contributed by atoms with E-state index in [0.29, 0.717) is 18.4 Å². The van der Waals surface area contributed by atoms with E-state index in [1.807, 2.05) is 14.1 Å². The molecule has 4 nitrogen and oxygen atoms in total. The standard InChI is InChI=1S/C13H27N3O/c1-10(2)11(8-14)9-16-7-5-6-12(16)13(17)15(3)4/h10-12H,5-9,14H2,1-4H3. The fourth-order valence-corrected chi connectivity index (χ4v) is 2.48.